The van der Waals surface area contributed by atoms with Gasteiger partial charge in [0, 0.05) is 11.0 Å². The van der Waals surface area contributed by atoms with Crippen molar-refractivity contribution in [2.45, 2.75) is 18.4 Å². The van der Waals surface area contributed by atoms with E-state index < -0.39 is 11.6 Å². The molecule has 1 aliphatic rings. The van der Waals surface area contributed by atoms with Crippen LogP contribution in [0.1, 0.15) is 18.4 Å². The molecule has 1 saturated heterocycles. The third kappa shape index (κ3) is 3.10. The van der Waals surface area contributed by atoms with Crippen LogP contribution in [-0.2, 0) is 15.1 Å². The van der Waals surface area contributed by atoms with Crippen LogP contribution in [0.3, 0.4) is 0 Å². The largest absolute Gasteiger partial charge is 0.480 e. The molecule has 2 rings (SSSR count). The molecule has 1 atom stereocenters. The van der Waals surface area contributed by atoms with Gasteiger partial charge in [-0.05, 0) is 37.1 Å². The summed E-state index contributed by atoms with van der Waals surface area (Å²) in [6.45, 7) is 1.34. The minimum absolute atomic E-state index is 0.266. The normalized spacial score (nSPS) is 23.8. The van der Waals surface area contributed by atoms with Gasteiger partial charge >= 0.3 is 5.97 Å². The Bertz CT molecular complexity index is 413. The van der Waals surface area contributed by atoms with Crippen LogP contribution in [-0.4, -0.2) is 30.8 Å². The highest BCUT2D eigenvalue weighted by Crippen LogP contribution is 2.33. The van der Waals surface area contributed by atoms with Gasteiger partial charge in [-0.1, -0.05) is 28.1 Å². The lowest BCUT2D eigenvalue weighted by atomic mass is 9.86. The zero-order chi connectivity index (χ0) is 13.0. The lowest BCUT2D eigenvalue weighted by molar-refractivity contribution is -0.152. The molecule has 1 heterocycles. The summed E-state index contributed by atoms with van der Waals surface area (Å²) in [5.41, 5.74) is 0.510. The minimum Gasteiger partial charge on any atom is -0.480 e. The Kier molecular flexibility index (Phi) is 4.37. The quantitative estimate of drug-likeness (QED) is 0.894. The maximum absolute atomic E-state index is 10.7. The predicted molar refractivity (Wildman–Crippen MR) is 71.5 cm³/mol. The summed E-state index contributed by atoms with van der Waals surface area (Å²) in [5, 5.41) is 12.1. The number of carbonyl (C=O) groups is 1. The molecule has 0 spiro atoms. The molecule has 0 radical (unpaired) electrons. The minimum atomic E-state index is -0.933. The third-order valence-electron chi connectivity index (χ3n) is 3.19. The van der Waals surface area contributed by atoms with Crippen molar-refractivity contribution in [2.24, 2.45) is 0 Å². The van der Waals surface area contributed by atoms with Crippen molar-refractivity contribution >= 4 is 21.9 Å². The molecular formula is C13H16BrNO3. The average molecular weight is 314 g/mol. The summed E-state index contributed by atoms with van der Waals surface area (Å²) in [4.78, 5) is 10.7. The van der Waals surface area contributed by atoms with Crippen molar-refractivity contribution in [3.05, 3.63) is 34.3 Å². The van der Waals surface area contributed by atoms with Crippen LogP contribution in [0.2, 0.25) is 0 Å². The van der Waals surface area contributed by atoms with Crippen molar-refractivity contribution in [1.82, 2.24) is 5.32 Å². The molecule has 1 fully saturated rings. The van der Waals surface area contributed by atoms with E-state index in [4.69, 9.17) is 9.84 Å². The molecule has 1 aromatic carbocycles. The first-order valence-electron chi connectivity index (χ1n) is 5.95. The van der Waals surface area contributed by atoms with E-state index in [-0.39, 0.29) is 6.61 Å². The van der Waals surface area contributed by atoms with E-state index in [1.165, 1.54) is 0 Å². The number of aliphatic carboxylic acids is 1. The fourth-order valence-electron chi connectivity index (χ4n) is 2.28. The number of rotatable bonds is 4. The van der Waals surface area contributed by atoms with Crippen molar-refractivity contribution < 1.29 is 14.6 Å². The van der Waals surface area contributed by atoms with E-state index in [1.54, 1.807) is 0 Å². The maximum Gasteiger partial charge on any atom is 0.329 e. The van der Waals surface area contributed by atoms with Crippen LogP contribution in [0.5, 0.6) is 0 Å². The third-order valence-corrected chi connectivity index (χ3v) is 3.72. The van der Waals surface area contributed by atoms with Gasteiger partial charge in [0.05, 0.1) is 0 Å². The Balaban J connectivity index is 2.22. The van der Waals surface area contributed by atoms with Gasteiger partial charge in [0.1, 0.15) is 12.2 Å². The maximum atomic E-state index is 10.7. The molecule has 0 bridgehead atoms. The number of ether oxygens (including phenoxy) is 1. The van der Waals surface area contributed by atoms with E-state index in [0.29, 0.717) is 6.54 Å². The number of hydrogen-bond acceptors (Lipinski definition) is 3. The first kappa shape index (κ1) is 13.5. The molecule has 1 aromatic rings. The molecule has 0 saturated carbocycles. The molecule has 2 N–H and O–H groups in total. The number of carboxylic acids is 1. The second kappa shape index (κ2) is 5.82. The van der Waals surface area contributed by atoms with E-state index in [2.05, 4.69) is 21.2 Å². The second-order valence-electron chi connectivity index (χ2n) is 4.46. The Morgan fingerprint density at radius 3 is 2.72 bits per heavy atom. The molecule has 1 unspecified atom stereocenters. The van der Waals surface area contributed by atoms with Crippen LogP contribution in [0.4, 0.5) is 0 Å². The number of carboxylic acid groups (broad SMARTS) is 1. The highest BCUT2D eigenvalue weighted by atomic mass is 79.9. The van der Waals surface area contributed by atoms with Crippen LogP contribution in [0, 0.1) is 0 Å². The predicted octanol–water partition coefficient (Wildman–Crippen LogP) is 2.13. The van der Waals surface area contributed by atoms with Crippen LogP contribution in [0.15, 0.2) is 28.7 Å². The van der Waals surface area contributed by atoms with Gasteiger partial charge in [-0.3, -0.25) is 0 Å². The summed E-state index contributed by atoms with van der Waals surface area (Å²) >= 11 is 3.40. The summed E-state index contributed by atoms with van der Waals surface area (Å²) in [6.07, 6.45) is 1.82. The van der Waals surface area contributed by atoms with Crippen molar-refractivity contribution in [3.63, 3.8) is 0 Å². The van der Waals surface area contributed by atoms with Crippen molar-refractivity contribution in [2.75, 3.05) is 19.7 Å². The lowest BCUT2D eigenvalue weighted by Gasteiger charge is -2.37. The van der Waals surface area contributed by atoms with E-state index in [0.717, 1.165) is 29.4 Å². The second-order valence-corrected chi connectivity index (χ2v) is 5.38. The fourth-order valence-corrected chi connectivity index (χ4v) is 2.55. The Morgan fingerprint density at radius 2 is 2.17 bits per heavy atom. The number of piperidine rings is 1. The first-order chi connectivity index (χ1) is 8.62. The molecule has 0 aliphatic carbocycles. The van der Waals surface area contributed by atoms with E-state index in [9.17, 15) is 4.79 Å². The molecule has 18 heavy (non-hydrogen) atoms. The number of hydrogen-bond donors (Lipinski definition) is 2. The van der Waals surface area contributed by atoms with E-state index >= 15 is 0 Å². The number of nitrogens with one attached hydrogen (secondary N) is 1. The average Bonchev–Trinajstić information content (AvgIpc) is 2.38. The lowest BCUT2D eigenvalue weighted by Crippen LogP contribution is -2.46. The summed E-state index contributed by atoms with van der Waals surface area (Å²) in [7, 11) is 0. The van der Waals surface area contributed by atoms with Crippen LogP contribution < -0.4 is 5.32 Å². The molecule has 1 aliphatic heterocycles. The molecular weight excluding hydrogens is 298 g/mol. The topological polar surface area (TPSA) is 58.6 Å². The molecule has 5 heteroatoms. The highest BCUT2D eigenvalue weighted by Gasteiger charge is 2.35. The SMILES string of the molecule is O=C(O)COC1(c2ccc(Br)cc2)CCCNC1. The highest BCUT2D eigenvalue weighted by molar-refractivity contribution is 9.10. The summed E-state index contributed by atoms with van der Waals surface area (Å²) < 4.78 is 6.68. The smallest absolute Gasteiger partial charge is 0.329 e. The number of halogens is 1. The monoisotopic (exact) mass is 313 g/mol. The Labute approximate surface area is 114 Å². The van der Waals surface area contributed by atoms with Gasteiger partial charge in [0.25, 0.3) is 0 Å². The van der Waals surface area contributed by atoms with Gasteiger partial charge < -0.3 is 15.2 Å². The van der Waals surface area contributed by atoms with Gasteiger partial charge in [-0.15, -0.1) is 0 Å². The Hall–Kier alpha value is -0.910. The molecule has 0 aromatic heterocycles. The van der Waals surface area contributed by atoms with Gasteiger partial charge in [0.15, 0.2) is 0 Å². The van der Waals surface area contributed by atoms with Crippen LogP contribution in [0.25, 0.3) is 0 Å². The fraction of sp³-hybridized carbons (Fsp3) is 0.462. The zero-order valence-corrected chi connectivity index (χ0v) is 11.6. The molecule has 0 amide bonds. The van der Waals surface area contributed by atoms with Gasteiger partial charge in [-0.2, -0.15) is 0 Å². The van der Waals surface area contributed by atoms with Crippen LogP contribution >= 0.6 is 15.9 Å². The Morgan fingerprint density at radius 1 is 1.44 bits per heavy atom. The number of benzene rings is 1. The van der Waals surface area contributed by atoms with Crippen molar-refractivity contribution in [1.29, 1.82) is 0 Å². The summed E-state index contributed by atoms with van der Waals surface area (Å²) in [6, 6.07) is 7.88. The van der Waals surface area contributed by atoms with Gasteiger partial charge in [0.2, 0.25) is 0 Å². The summed E-state index contributed by atoms with van der Waals surface area (Å²) in [5.74, 6) is -0.933. The first-order valence-corrected chi connectivity index (χ1v) is 6.74. The zero-order valence-electron chi connectivity index (χ0n) is 9.99. The van der Waals surface area contributed by atoms with Gasteiger partial charge in [-0.25, -0.2) is 4.79 Å². The molecule has 4 nitrogen and oxygen atoms in total. The van der Waals surface area contributed by atoms with E-state index in [1.807, 2.05) is 24.3 Å². The standard InChI is InChI=1S/C13H16BrNO3/c14-11-4-2-10(3-5-11)13(18-8-12(16)17)6-1-7-15-9-13/h2-5,15H,1,6-9H2,(H,16,17). The van der Waals surface area contributed by atoms with Crippen molar-refractivity contribution in [3.8, 4) is 0 Å². The molecule has 98 valence electrons.